The van der Waals surface area contributed by atoms with Gasteiger partial charge in [0.05, 0.1) is 30.4 Å². The highest BCUT2D eigenvalue weighted by atomic mass is 19.1. The summed E-state index contributed by atoms with van der Waals surface area (Å²) in [6.07, 6.45) is 13.1. The number of benzene rings is 2. The lowest BCUT2D eigenvalue weighted by atomic mass is 9.84. The summed E-state index contributed by atoms with van der Waals surface area (Å²) in [5, 5.41) is 17.7. The van der Waals surface area contributed by atoms with Gasteiger partial charge < -0.3 is 25.3 Å². The van der Waals surface area contributed by atoms with Crippen molar-refractivity contribution in [3.63, 3.8) is 0 Å². The van der Waals surface area contributed by atoms with Gasteiger partial charge in [0, 0.05) is 68.7 Å². The number of rotatable bonds is 11. The Kier molecular flexibility index (Phi) is 10.5. The van der Waals surface area contributed by atoms with Gasteiger partial charge in [0.2, 0.25) is 5.91 Å². The Hall–Kier alpha value is -5.64. The number of methoxy groups -OCH3 is 1. The van der Waals surface area contributed by atoms with E-state index in [9.17, 15) is 14.4 Å². The van der Waals surface area contributed by atoms with E-state index in [1.54, 1.807) is 18.2 Å². The number of urea groups is 1. The van der Waals surface area contributed by atoms with Gasteiger partial charge in [0.15, 0.2) is 11.6 Å². The number of H-pyrrole nitrogens is 1. The molecular formula is C37H42F2N10O4. The number of imidazole rings is 1. The minimum Gasteiger partial charge on any atom is -0.496 e. The van der Waals surface area contributed by atoms with Crippen molar-refractivity contribution < 1.29 is 27.9 Å². The number of halogens is 2. The Morgan fingerprint density at radius 2 is 1.81 bits per heavy atom. The second-order valence-corrected chi connectivity index (χ2v) is 13.7. The Morgan fingerprint density at radius 3 is 2.51 bits per heavy atom. The van der Waals surface area contributed by atoms with Crippen molar-refractivity contribution in [1.29, 1.82) is 5.41 Å². The molecule has 2 saturated heterocycles. The molecule has 0 bridgehead atoms. The number of fused-ring (bicyclic) bond motifs is 1. The fourth-order valence-electron chi connectivity index (χ4n) is 7.48. The molecule has 14 nitrogen and oxygen atoms in total. The number of aromatic nitrogens is 4. The molecule has 0 atom stereocenters. The lowest BCUT2D eigenvalue weighted by Crippen LogP contribution is -2.50. The molecule has 4 amide bonds. The maximum atomic E-state index is 15.1. The molecule has 4 heterocycles. The summed E-state index contributed by atoms with van der Waals surface area (Å²) in [4.78, 5) is 49.3. The van der Waals surface area contributed by atoms with Crippen molar-refractivity contribution in [3.05, 3.63) is 65.8 Å². The van der Waals surface area contributed by atoms with Crippen molar-refractivity contribution in [2.45, 2.75) is 44.6 Å². The standard InChI is InChI=1S/C37H42F2N10O4/c1-53-31-20-30-24(17-27(31)36(51)43-33-21-41-32(42-33)3-2-10-40)22-49(45-30)25-6-4-23(5-7-25)8-11-46-13-15-47(16-14-46)26-18-28(38)35(29(39)19-26)48-12-9-34(50)44-37(48)52/h2-3,10,17-23,25,40H,4-9,11-16H2,1H3,(H,41,42)(H,43,51)(H,44,50,52)/b3-2-,40-10?. The van der Waals surface area contributed by atoms with Crippen LogP contribution < -0.4 is 25.2 Å². The van der Waals surface area contributed by atoms with Gasteiger partial charge in [-0.1, -0.05) is 0 Å². The molecule has 7 rings (SSSR count). The monoisotopic (exact) mass is 728 g/mol. The molecular weight excluding hydrogens is 686 g/mol. The first kappa shape index (κ1) is 35.7. The zero-order chi connectivity index (χ0) is 37.1. The van der Waals surface area contributed by atoms with E-state index < -0.39 is 29.3 Å². The molecule has 3 aliphatic rings. The van der Waals surface area contributed by atoms with Gasteiger partial charge in [-0.2, -0.15) is 5.10 Å². The second-order valence-electron chi connectivity index (χ2n) is 13.7. The molecule has 4 aromatic rings. The van der Waals surface area contributed by atoms with Crippen LogP contribution in [0.2, 0.25) is 0 Å². The smallest absolute Gasteiger partial charge is 0.328 e. The predicted octanol–water partition coefficient (Wildman–Crippen LogP) is 5.35. The molecule has 3 fully saturated rings. The normalized spacial score (nSPS) is 19.9. The number of nitrogens with one attached hydrogen (secondary N) is 4. The Balaban J connectivity index is 0.889. The Morgan fingerprint density at radius 1 is 1.06 bits per heavy atom. The minimum absolute atomic E-state index is 0.0137. The molecule has 0 unspecified atom stereocenters. The van der Waals surface area contributed by atoms with E-state index in [1.165, 1.54) is 31.5 Å². The van der Waals surface area contributed by atoms with E-state index in [0.717, 1.165) is 73.8 Å². The average Bonchev–Trinajstić information content (AvgIpc) is 3.79. The zero-order valence-electron chi connectivity index (χ0n) is 29.4. The van der Waals surface area contributed by atoms with Crippen molar-refractivity contribution in [1.82, 2.24) is 30.0 Å². The number of carbonyl (C=O) groups excluding carboxylic acids is 3. The maximum Gasteiger partial charge on any atom is 0.328 e. The third-order valence-electron chi connectivity index (χ3n) is 10.4. The zero-order valence-corrected chi connectivity index (χ0v) is 29.4. The third-order valence-corrected chi connectivity index (χ3v) is 10.4. The number of hydrogen-bond donors (Lipinski definition) is 4. The number of imide groups is 1. The molecule has 2 aliphatic heterocycles. The summed E-state index contributed by atoms with van der Waals surface area (Å²) in [6.45, 7) is 3.74. The SMILES string of the molecule is COc1cc2nn(C3CCC(CCN4CCN(c5cc(F)c(N6CCC(=O)NC6=O)c(F)c5)CC4)CC3)cc2cc1C(=O)Nc1cnc(/C=C\C=N)[nH]1. The van der Waals surface area contributed by atoms with Crippen molar-refractivity contribution >= 4 is 58.2 Å². The molecule has 278 valence electrons. The van der Waals surface area contributed by atoms with Crippen LogP contribution in [0, 0.1) is 23.0 Å². The van der Waals surface area contributed by atoms with Crippen LogP contribution in [0.5, 0.6) is 5.75 Å². The fourth-order valence-corrected chi connectivity index (χ4v) is 7.48. The molecule has 2 aromatic heterocycles. The lowest BCUT2D eigenvalue weighted by Gasteiger charge is -2.37. The highest BCUT2D eigenvalue weighted by Gasteiger charge is 2.31. The highest BCUT2D eigenvalue weighted by Crippen LogP contribution is 2.36. The van der Waals surface area contributed by atoms with Crippen LogP contribution in [0.1, 0.15) is 60.7 Å². The summed E-state index contributed by atoms with van der Waals surface area (Å²) >= 11 is 0. The van der Waals surface area contributed by atoms with Gasteiger partial charge in [-0.05, 0) is 74.9 Å². The molecule has 1 saturated carbocycles. The summed E-state index contributed by atoms with van der Waals surface area (Å²) in [5.41, 5.74) is 1.15. The van der Waals surface area contributed by atoms with E-state index in [0.29, 0.717) is 47.7 Å². The Labute approximate surface area is 304 Å². The highest BCUT2D eigenvalue weighted by molar-refractivity contribution is 6.08. The quantitative estimate of drug-likeness (QED) is 0.150. The number of piperazine rings is 1. The predicted molar refractivity (Wildman–Crippen MR) is 197 cm³/mol. The lowest BCUT2D eigenvalue weighted by molar-refractivity contribution is -0.120. The molecule has 0 spiro atoms. The van der Waals surface area contributed by atoms with E-state index in [4.69, 9.17) is 15.2 Å². The number of aromatic amines is 1. The van der Waals surface area contributed by atoms with Gasteiger partial charge in [-0.15, -0.1) is 0 Å². The van der Waals surface area contributed by atoms with E-state index in [2.05, 4.69) is 25.5 Å². The average molecular weight is 729 g/mol. The third kappa shape index (κ3) is 7.91. The molecule has 53 heavy (non-hydrogen) atoms. The number of allylic oxidation sites excluding steroid dienone is 1. The van der Waals surface area contributed by atoms with Crippen LogP contribution in [-0.2, 0) is 4.79 Å². The summed E-state index contributed by atoms with van der Waals surface area (Å²) < 4.78 is 37.7. The van der Waals surface area contributed by atoms with Gasteiger partial charge in [-0.25, -0.2) is 18.6 Å². The number of carbonyl (C=O) groups is 3. The number of nitrogens with zero attached hydrogens (tertiary/aromatic N) is 6. The largest absolute Gasteiger partial charge is 0.496 e. The van der Waals surface area contributed by atoms with Gasteiger partial charge in [0.25, 0.3) is 5.91 Å². The number of hydrogen-bond acceptors (Lipinski definition) is 9. The fraction of sp³-hybridized carbons (Fsp3) is 0.405. The molecule has 2 aromatic carbocycles. The summed E-state index contributed by atoms with van der Waals surface area (Å²) in [5.74, 6) is -0.479. The van der Waals surface area contributed by atoms with Crippen molar-refractivity contribution in [2.75, 3.05) is 61.5 Å². The first-order chi connectivity index (χ1) is 25.7. The number of anilines is 3. The van der Waals surface area contributed by atoms with Gasteiger partial charge in [-0.3, -0.25) is 29.4 Å². The van der Waals surface area contributed by atoms with E-state index in [-0.39, 0.29) is 24.9 Å². The topological polar surface area (TPSA) is 165 Å². The first-order valence-electron chi connectivity index (χ1n) is 17.9. The van der Waals surface area contributed by atoms with Crippen molar-refractivity contribution in [3.8, 4) is 5.75 Å². The molecule has 1 aliphatic carbocycles. The maximum absolute atomic E-state index is 15.1. The van der Waals surface area contributed by atoms with Crippen LogP contribution in [-0.4, -0.2) is 95.1 Å². The van der Waals surface area contributed by atoms with Crippen LogP contribution >= 0.6 is 0 Å². The summed E-state index contributed by atoms with van der Waals surface area (Å²) in [6, 6.07) is 5.57. The van der Waals surface area contributed by atoms with Crippen LogP contribution in [0.25, 0.3) is 17.0 Å². The van der Waals surface area contributed by atoms with Gasteiger partial charge in [0.1, 0.15) is 23.1 Å². The van der Waals surface area contributed by atoms with E-state index in [1.807, 2.05) is 15.8 Å². The van der Waals surface area contributed by atoms with Crippen molar-refractivity contribution in [2.24, 2.45) is 5.92 Å². The first-order valence-corrected chi connectivity index (χ1v) is 17.9. The van der Waals surface area contributed by atoms with Crippen LogP contribution in [0.3, 0.4) is 0 Å². The second kappa shape index (κ2) is 15.5. The van der Waals surface area contributed by atoms with Crippen LogP contribution in [0.15, 0.2) is 42.7 Å². The van der Waals surface area contributed by atoms with Crippen LogP contribution in [0.4, 0.5) is 30.8 Å². The molecule has 0 radical (unpaired) electrons. The van der Waals surface area contributed by atoms with Gasteiger partial charge >= 0.3 is 6.03 Å². The minimum atomic E-state index is -0.826. The molecule has 16 heteroatoms. The number of ether oxygens (including phenoxy) is 1. The molecule has 4 N–H and O–H groups in total. The van der Waals surface area contributed by atoms with E-state index >= 15 is 8.78 Å². The number of amides is 4. The Bertz CT molecular complexity index is 2020. The summed E-state index contributed by atoms with van der Waals surface area (Å²) in [7, 11) is 1.53.